The van der Waals surface area contributed by atoms with Gasteiger partial charge in [0.15, 0.2) is 0 Å². The SMILES string of the molecule is NC(=O)CC1(COc2ccc(Cl)cc2)CN(C(=O)Cn2ccnc2)CCO1. The zero-order valence-corrected chi connectivity index (χ0v) is 15.5. The number of hydrogen-bond acceptors (Lipinski definition) is 5. The van der Waals surface area contributed by atoms with Crippen molar-refractivity contribution in [3.05, 3.63) is 48.0 Å². The predicted molar refractivity (Wildman–Crippen MR) is 98.2 cm³/mol. The lowest BCUT2D eigenvalue weighted by atomic mass is 9.97. The van der Waals surface area contributed by atoms with E-state index in [1.54, 1.807) is 52.5 Å². The number of aromatic nitrogens is 2. The molecule has 2 N–H and O–H groups in total. The quantitative estimate of drug-likeness (QED) is 0.760. The Morgan fingerprint density at radius 3 is 2.78 bits per heavy atom. The van der Waals surface area contributed by atoms with Crippen LogP contribution in [-0.4, -0.2) is 58.2 Å². The van der Waals surface area contributed by atoms with Crippen molar-refractivity contribution in [1.82, 2.24) is 14.5 Å². The molecule has 2 aromatic rings. The Bertz CT molecular complexity index is 781. The molecule has 8 nitrogen and oxygen atoms in total. The number of halogens is 1. The number of carbonyl (C=O) groups is 2. The predicted octanol–water partition coefficient (Wildman–Crippen LogP) is 1.09. The second-order valence-electron chi connectivity index (χ2n) is 6.47. The first-order valence-electron chi connectivity index (χ1n) is 8.50. The van der Waals surface area contributed by atoms with Gasteiger partial charge in [-0.05, 0) is 24.3 Å². The molecule has 0 saturated carbocycles. The molecule has 1 aromatic heterocycles. The number of morpholine rings is 1. The van der Waals surface area contributed by atoms with E-state index < -0.39 is 11.5 Å². The number of ether oxygens (including phenoxy) is 2. The van der Waals surface area contributed by atoms with Gasteiger partial charge in [-0.2, -0.15) is 0 Å². The number of amides is 2. The fourth-order valence-electron chi connectivity index (χ4n) is 3.00. The highest BCUT2D eigenvalue weighted by Crippen LogP contribution is 2.25. The number of imidazole rings is 1. The molecule has 1 saturated heterocycles. The second kappa shape index (κ2) is 8.41. The molecule has 3 rings (SSSR count). The number of hydrogen-bond donors (Lipinski definition) is 1. The van der Waals surface area contributed by atoms with Gasteiger partial charge in [-0.25, -0.2) is 4.98 Å². The van der Waals surface area contributed by atoms with E-state index in [1.807, 2.05) is 0 Å². The molecule has 144 valence electrons. The first kappa shape index (κ1) is 19.2. The minimum absolute atomic E-state index is 0.0462. The largest absolute Gasteiger partial charge is 0.490 e. The monoisotopic (exact) mass is 392 g/mol. The molecule has 0 bridgehead atoms. The Morgan fingerprint density at radius 1 is 1.33 bits per heavy atom. The van der Waals surface area contributed by atoms with Crippen LogP contribution in [0, 0.1) is 0 Å². The Balaban J connectivity index is 1.69. The number of benzene rings is 1. The molecule has 1 fully saturated rings. The van der Waals surface area contributed by atoms with Gasteiger partial charge < -0.3 is 24.7 Å². The Morgan fingerprint density at radius 2 is 2.11 bits per heavy atom. The average molecular weight is 393 g/mol. The smallest absolute Gasteiger partial charge is 0.242 e. The minimum Gasteiger partial charge on any atom is -0.490 e. The van der Waals surface area contributed by atoms with E-state index in [1.165, 1.54) is 0 Å². The van der Waals surface area contributed by atoms with E-state index in [0.29, 0.717) is 23.9 Å². The molecule has 2 heterocycles. The van der Waals surface area contributed by atoms with Crippen molar-refractivity contribution in [2.45, 2.75) is 18.6 Å². The summed E-state index contributed by atoms with van der Waals surface area (Å²) in [4.78, 5) is 29.8. The molecule has 9 heteroatoms. The summed E-state index contributed by atoms with van der Waals surface area (Å²) < 4.78 is 13.4. The molecule has 0 spiro atoms. The molecule has 1 aromatic carbocycles. The van der Waals surface area contributed by atoms with Crippen molar-refractivity contribution in [2.24, 2.45) is 5.73 Å². The number of nitrogens with two attached hydrogens (primary N) is 1. The second-order valence-corrected chi connectivity index (χ2v) is 6.90. The fourth-order valence-corrected chi connectivity index (χ4v) is 3.13. The molecule has 1 unspecified atom stereocenters. The third-order valence-corrected chi connectivity index (χ3v) is 4.54. The van der Waals surface area contributed by atoms with Crippen LogP contribution in [0.15, 0.2) is 43.0 Å². The van der Waals surface area contributed by atoms with E-state index in [0.717, 1.165) is 0 Å². The maximum absolute atomic E-state index is 12.6. The van der Waals surface area contributed by atoms with Gasteiger partial charge in [0.2, 0.25) is 11.8 Å². The van der Waals surface area contributed by atoms with Crippen LogP contribution in [0.5, 0.6) is 5.75 Å². The van der Waals surface area contributed by atoms with Crippen LogP contribution >= 0.6 is 11.6 Å². The van der Waals surface area contributed by atoms with Crippen LogP contribution in [0.1, 0.15) is 6.42 Å². The van der Waals surface area contributed by atoms with Crippen molar-refractivity contribution in [2.75, 3.05) is 26.3 Å². The highest BCUT2D eigenvalue weighted by Gasteiger charge is 2.40. The highest BCUT2D eigenvalue weighted by atomic mass is 35.5. The van der Waals surface area contributed by atoms with Crippen LogP contribution in [-0.2, 0) is 20.9 Å². The summed E-state index contributed by atoms with van der Waals surface area (Å²) in [6.45, 7) is 1.22. The van der Waals surface area contributed by atoms with Gasteiger partial charge in [0.05, 0.1) is 25.9 Å². The normalized spacial score (nSPS) is 19.7. The Kier molecular flexibility index (Phi) is 5.98. The van der Waals surface area contributed by atoms with Crippen LogP contribution in [0.3, 0.4) is 0 Å². The van der Waals surface area contributed by atoms with Crippen molar-refractivity contribution >= 4 is 23.4 Å². The lowest BCUT2D eigenvalue weighted by Crippen LogP contribution is -2.58. The topological polar surface area (TPSA) is 99.7 Å². The third kappa shape index (κ3) is 5.21. The first-order valence-corrected chi connectivity index (χ1v) is 8.88. The summed E-state index contributed by atoms with van der Waals surface area (Å²) >= 11 is 5.88. The standard InChI is InChI=1S/C18H21ClN4O4/c19-14-1-3-15(4-2-14)26-12-18(9-16(20)24)11-23(7-8-27-18)17(25)10-22-6-5-21-13-22/h1-6,13H,7-12H2,(H2,20,24). The molecule has 1 aliphatic heterocycles. The van der Waals surface area contributed by atoms with Crippen molar-refractivity contribution in [3.8, 4) is 5.75 Å². The lowest BCUT2D eigenvalue weighted by Gasteiger charge is -2.42. The van der Waals surface area contributed by atoms with Crippen molar-refractivity contribution in [3.63, 3.8) is 0 Å². The first-order chi connectivity index (χ1) is 13.0. The van der Waals surface area contributed by atoms with Crippen LogP contribution in [0.25, 0.3) is 0 Å². The molecular formula is C18H21ClN4O4. The number of nitrogens with zero attached hydrogens (tertiary/aromatic N) is 3. The van der Waals surface area contributed by atoms with Gasteiger partial charge >= 0.3 is 0 Å². The lowest BCUT2D eigenvalue weighted by molar-refractivity contribution is -0.162. The van der Waals surface area contributed by atoms with Gasteiger partial charge in [0.1, 0.15) is 24.5 Å². The zero-order valence-electron chi connectivity index (χ0n) is 14.7. The number of rotatable bonds is 7. The van der Waals surface area contributed by atoms with E-state index >= 15 is 0 Å². The van der Waals surface area contributed by atoms with Crippen molar-refractivity contribution < 1.29 is 19.1 Å². The maximum atomic E-state index is 12.6. The average Bonchev–Trinajstić information content (AvgIpc) is 3.14. The van der Waals surface area contributed by atoms with E-state index in [9.17, 15) is 9.59 Å². The van der Waals surface area contributed by atoms with Gasteiger partial charge in [-0.3, -0.25) is 9.59 Å². The zero-order chi connectivity index (χ0) is 19.3. The molecular weight excluding hydrogens is 372 g/mol. The summed E-state index contributed by atoms with van der Waals surface area (Å²) in [5.74, 6) is -0.0102. The fraction of sp³-hybridized carbons (Fsp3) is 0.389. The summed E-state index contributed by atoms with van der Waals surface area (Å²) in [5, 5.41) is 0.597. The summed E-state index contributed by atoms with van der Waals surface area (Å²) in [5.41, 5.74) is 4.43. The molecule has 2 amide bonds. The van der Waals surface area contributed by atoms with Gasteiger partial charge in [-0.1, -0.05) is 11.6 Å². The molecule has 1 aliphatic rings. The van der Waals surface area contributed by atoms with Crippen molar-refractivity contribution in [1.29, 1.82) is 0 Å². The minimum atomic E-state index is -0.992. The van der Waals surface area contributed by atoms with Crippen LogP contribution in [0.4, 0.5) is 0 Å². The third-order valence-electron chi connectivity index (χ3n) is 4.29. The maximum Gasteiger partial charge on any atom is 0.242 e. The van der Waals surface area contributed by atoms with E-state index in [4.69, 9.17) is 26.8 Å². The van der Waals surface area contributed by atoms with Gasteiger partial charge in [0.25, 0.3) is 0 Å². The highest BCUT2D eigenvalue weighted by molar-refractivity contribution is 6.30. The molecule has 0 aliphatic carbocycles. The van der Waals surface area contributed by atoms with Gasteiger partial charge in [-0.15, -0.1) is 0 Å². The van der Waals surface area contributed by atoms with E-state index in [-0.39, 0.29) is 32.0 Å². The summed E-state index contributed by atoms with van der Waals surface area (Å²) in [6, 6.07) is 6.87. The number of primary amides is 1. The summed E-state index contributed by atoms with van der Waals surface area (Å²) in [6.07, 6.45) is 4.87. The van der Waals surface area contributed by atoms with Crippen LogP contribution < -0.4 is 10.5 Å². The Labute approximate surface area is 161 Å². The number of carbonyl (C=O) groups excluding carboxylic acids is 2. The molecule has 0 radical (unpaired) electrons. The molecule has 1 atom stereocenters. The Hall–Kier alpha value is -2.58. The summed E-state index contributed by atoms with van der Waals surface area (Å²) in [7, 11) is 0. The van der Waals surface area contributed by atoms with E-state index in [2.05, 4.69) is 4.98 Å². The van der Waals surface area contributed by atoms with Crippen LogP contribution in [0.2, 0.25) is 5.02 Å². The molecule has 27 heavy (non-hydrogen) atoms. The van der Waals surface area contributed by atoms with Gasteiger partial charge in [0, 0.05) is 24.0 Å².